The van der Waals surface area contributed by atoms with Crippen LogP contribution >= 0.6 is 0 Å². The highest BCUT2D eigenvalue weighted by Crippen LogP contribution is 2.28. The van der Waals surface area contributed by atoms with Gasteiger partial charge in [0.05, 0.1) is 20.3 Å². The number of methoxy groups -OCH3 is 2. The van der Waals surface area contributed by atoms with Gasteiger partial charge >= 0.3 is 5.69 Å². The summed E-state index contributed by atoms with van der Waals surface area (Å²) in [6.07, 6.45) is 3.28. The molecule has 0 saturated heterocycles. The number of hydrogen-bond acceptors (Lipinski definition) is 5. The van der Waals surface area contributed by atoms with E-state index in [1.807, 2.05) is 19.1 Å². The van der Waals surface area contributed by atoms with Crippen LogP contribution in [0.2, 0.25) is 0 Å². The summed E-state index contributed by atoms with van der Waals surface area (Å²) in [4.78, 5) is 15.5. The van der Waals surface area contributed by atoms with Crippen molar-refractivity contribution in [3.63, 3.8) is 0 Å². The molecule has 112 valence electrons. The number of aromatic nitrogens is 2. The topological polar surface area (TPSA) is 79.4 Å². The Labute approximate surface area is 123 Å². The van der Waals surface area contributed by atoms with Gasteiger partial charge in [0.25, 0.3) is 0 Å². The number of nitrogens with two attached hydrogens (primary N) is 1. The fourth-order valence-corrected chi connectivity index (χ4v) is 2.13. The molecule has 1 aromatic heterocycles. The number of ether oxygens (including phenoxy) is 2. The standard InChI is InChI=1S/C15H19N3O3/c1-10-7-17-15(19)18(8-10)9-13(16)12-5-4-11(20-2)6-14(12)21-3/h4-8,13H,9,16H2,1-3H3. The lowest BCUT2D eigenvalue weighted by molar-refractivity contribution is 0.386. The van der Waals surface area contributed by atoms with Crippen LogP contribution in [0.25, 0.3) is 0 Å². The van der Waals surface area contributed by atoms with E-state index in [2.05, 4.69) is 4.98 Å². The van der Waals surface area contributed by atoms with Crippen LogP contribution in [0.3, 0.4) is 0 Å². The van der Waals surface area contributed by atoms with Crippen molar-refractivity contribution in [1.82, 2.24) is 9.55 Å². The van der Waals surface area contributed by atoms with Gasteiger partial charge in [-0.15, -0.1) is 0 Å². The van der Waals surface area contributed by atoms with Gasteiger partial charge in [-0.2, -0.15) is 0 Å². The molecular formula is C15H19N3O3. The minimum Gasteiger partial charge on any atom is -0.497 e. The van der Waals surface area contributed by atoms with Crippen LogP contribution in [0, 0.1) is 6.92 Å². The average Bonchev–Trinajstić information content (AvgIpc) is 2.50. The van der Waals surface area contributed by atoms with E-state index in [9.17, 15) is 4.79 Å². The van der Waals surface area contributed by atoms with E-state index in [0.717, 1.165) is 11.1 Å². The number of nitrogens with zero attached hydrogens (tertiary/aromatic N) is 2. The molecule has 0 amide bonds. The normalized spacial score (nSPS) is 12.0. The molecule has 1 aromatic carbocycles. The summed E-state index contributed by atoms with van der Waals surface area (Å²) >= 11 is 0. The minimum absolute atomic E-state index is 0.316. The molecule has 6 heteroatoms. The number of hydrogen-bond donors (Lipinski definition) is 1. The van der Waals surface area contributed by atoms with Gasteiger partial charge in [0.1, 0.15) is 11.5 Å². The lowest BCUT2D eigenvalue weighted by atomic mass is 10.1. The van der Waals surface area contributed by atoms with Crippen LogP contribution < -0.4 is 20.9 Å². The van der Waals surface area contributed by atoms with E-state index in [4.69, 9.17) is 15.2 Å². The third-order valence-corrected chi connectivity index (χ3v) is 3.22. The summed E-state index contributed by atoms with van der Waals surface area (Å²) in [5.74, 6) is 1.33. The monoisotopic (exact) mass is 289 g/mol. The molecule has 0 bridgehead atoms. The van der Waals surface area contributed by atoms with E-state index in [1.165, 1.54) is 4.57 Å². The van der Waals surface area contributed by atoms with E-state index in [0.29, 0.717) is 18.0 Å². The maximum Gasteiger partial charge on any atom is 0.347 e. The van der Waals surface area contributed by atoms with E-state index >= 15 is 0 Å². The first kappa shape index (κ1) is 15.1. The molecule has 0 saturated carbocycles. The second-order valence-corrected chi connectivity index (χ2v) is 4.78. The average molecular weight is 289 g/mol. The summed E-state index contributed by atoms with van der Waals surface area (Å²) in [5, 5.41) is 0. The Morgan fingerprint density at radius 2 is 2.10 bits per heavy atom. The summed E-state index contributed by atoms with van der Waals surface area (Å²) in [6, 6.07) is 5.05. The van der Waals surface area contributed by atoms with Crippen molar-refractivity contribution in [2.45, 2.75) is 19.5 Å². The number of rotatable bonds is 5. The molecule has 1 unspecified atom stereocenters. The Morgan fingerprint density at radius 1 is 1.33 bits per heavy atom. The van der Waals surface area contributed by atoms with Crippen molar-refractivity contribution in [1.29, 1.82) is 0 Å². The molecule has 2 rings (SSSR count). The molecule has 2 aromatic rings. The second kappa shape index (κ2) is 6.41. The third-order valence-electron chi connectivity index (χ3n) is 3.22. The summed E-state index contributed by atoms with van der Waals surface area (Å²) < 4.78 is 12.0. The highest BCUT2D eigenvalue weighted by atomic mass is 16.5. The van der Waals surface area contributed by atoms with Crippen molar-refractivity contribution in [3.8, 4) is 11.5 Å². The molecule has 1 atom stereocenters. The molecule has 2 N–H and O–H groups in total. The summed E-state index contributed by atoms with van der Waals surface area (Å²) in [7, 11) is 3.16. The van der Waals surface area contributed by atoms with Gasteiger partial charge in [-0.1, -0.05) is 6.07 Å². The van der Waals surface area contributed by atoms with Gasteiger partial charge in [0.15, 0.2) is 0 Å². The van der Waals surface area contributed by atoms with E-state index < -0.39 is 0 Å². The Kier molecular flexibility index (Phi) is 4.59. The Bertz CT molecular complexity index is 682. The molecule has 0 radical (unpaired) electrons. The van der Waals surface area contributed by atoms with Crippen molar-refractivity contribution < 1.29 is 9.47 Å². The lowest BCUT2D eigenvalue weighted by Gasteiger charge is -2.17. The fourth-order valence-electron chi connectivity index (χ4n) is 2.13. The quantitative estimate of drug-likeness (QED) is 0.896. The highest BCUT2D eigenvalue weighted by Gasteiger charge is 2.14. The zero-order chi connectivity index (χ0) is 15.4. The molecule has 0 spiro atoms. The number of aryl methyl sites for hydroxylation is 1. The van der Waals surface area contributed by atoms with Gasteiger partial charge in [-0.3, -0.25) is 4.57 Å². The van der Waals surface area contributed by atoms with E-state index in [1.54, 1.807) is 32.7 Å². The van der Waals surface area contributed by atoms with Crippen LogP contribution in [0.1, 0.15) is 17.2 Å². The van der Waals surface area contributed by atoms with Crippen LogP contribution in [-0.2, 0) is 6.54 Å². The molecule has 1 heterocycles. The Balaban J connectivity index is 2.29. The first-order valence-electron chi connectivity index (χ1n) is 6.55. The summed E-state index contributed by atoms with van der Waals surface area (Å²) in [5.41, 5.74) is 7.61. The molecule has 0 aliphatic heterocycles. The van der Waals surface area contributed by atoms with Gasteiger partial charge < -0.3 is 15.2 Å². The van der Waals surface area contributed by atoms with Gasteiger partial charge in [-0.25, -0.2) is 9.78 Å². The third kappa shape index (κ3) is 3.41. The highest BCUT2D eigenvalue weighted by molar-refractivity contribution is 5.42. The Morgan fingerprint density at radius 3 is 2.76 bits per heavy atom. The molecule has 21 heavy (non-hydrogen) atoms. The smallest absolute Gasteiger partial charge is 0.347 e. The maximum atomic E-state index is 11.7. The second-order valence-electron chi connectivity index (χ2n) is 4.78. The molecule has 0 aliphatic rings. The fraction of sp³-hybridized carbons (Fsp3) is 0.333. The predicted octanol–water partition coefficient (Wildman–Crippen LogP) is 1.27. The molecule has 6 nitrogen and oxygen atoms in total. The molecular weight excluding hydrogens is 270 g/mol. The maximum absolute atomic E-state index is 11.7. The predicted molar refractivity (Wildman–Crippen MR) is 79.7 cm³/mol. The molecule has 0 fully saturated rings. The van der Waals surface area contributed by atoms with Gasteiger partial charge in [-0.05, 0) is 18.6 Å². The van der Waals surface area contributed by atoms with E-state index in [-0.39, 0.29) is 11.7 Å². The van der Waals surface area contributed by atoms with Crippen molar-refractivity contribution in [2.75, 3.05) is 14.2 Å². The first-order chi connectivity index (χ1) is 10.0. The van der Waals surface area contributed by atoms with Crippen molar-refractivity contribution in [3.05, 3.63) is 52.2 Å². The van der Waals surface area contributed by atoms with Crippen LogP contribution in [-0.4, -0.2) is 23.8 Å². The minimum atomic E-state index is -0.382. The van der Waals surface area contributed by atoms with Crippen LogP contribution in [0.15, 0.2) is 35.4 Å². The lowest BCUT2D eigenvalue weighted by Crippen LogP contribution is -2.28. The van der Waals surface area contributed by atoms with Gasteiger partial charge in [0.2, 0.25) is 0 Å². The first-order valence-corrected chi connectivity index (χ1v) is 6.55. The molecule has 0 aliphatic carbocycles. The number of benzene rings is 1. The SMILES string of the molecule is COc1ccc(C(N)Cn2cc(C)cnc2=O)c(OC)c1. The van der Waals surface area contributed by atoms with Crippen LogP contribution in [0.4, 0.5) is 0 Å². The van der Waals surface area contributed by atoms with Crippen molar-refractivity contribution >= 4 is 0 Å². The van der Waals surface area contributed by atoms with Gasteiger partial charge in [0, 0.05) is 30.6 Å². The largest absolute Gasteiger partial charge is 0.497 e. The Hall–Kier alpha value is -2.34. The van der Waals surface area contributed by atoms with Crippen molar-refractivity contribution in [2.24, 2.45) is 5.73 Å². The summed E-state index contributed by atoms with van der Waals surface area (Å²) in [6.45, 7) is 2.21. The zero-order valence-electron chi connectivity index (χ0n) is 12.4. The zero-order valence-corrected chi connectivity index (χ0v) is 12.4. The van der Waals surface area contributed by atoms with Crippen LogP contribution in [0.5, 0.6) is 11.5 Å².